The molecule has 0 radical (unpaired) electrons. The predicted molar refractivity (Wildman–Crippen MR) is 254 cm³/mol. The normalized spacial score (nSPS) is 23.6. The molecule has 2 saturated carbocycles. The first-order valence-corrected chi connectivity index (χ1v) is 25.1. The van der Waals surface area contributed by atoms with Crippen molar-refractivity contribution in [2.75, 3.05) is 7.11 Å². The summed E-state index contributed by atoms with van der Waals surface area (Å²) in [5.74, 6) is -0.0462. The monoisotopic (exact) mass is 996 g/mol. The third-order valence-corrected chi connectivity index (χ3v) is 16.9. The van der Waals surface area contributed by atoms with Crippen molar-refractivity contribution in [2.45, 2.75) is 161 Å². The Hall–Kier alpha value is -1.90. The van der Waals surface area contributed by atoms with Crippen LogP contribution in [0.3, 0.4) is 0 Å². The number of unbranched alkanes of at least 4 members (excludes halogenated alkanes) is 2. The summed E-state index contributed by atoms with van der Waals surface area (Å²) in [6, 6.07) is 2.22. The molecule has 0 saturated heterocycles. The number of hydrogen-bond acceptors (Lipinski definition) is 8. The number of aliphatic hydroxyl groups is 3. The molecule has 3 unspecified atom stereocenters. The summed E-state index contributed by atoms with van der Waals surface area (Å²) >= 11 is 10.9. The van der Waals surface area contributed by atoms with Gasteiger partial charge in [0.25, 0.3) is 0 Å². The minimum Gasteiger partial charge on any atom is -0.481 e. The van der Waals surface area contributed by atoms with Gasteiger partial charge in [-0.05, 0) is 177 Å². The Morgan fingerprint density at radius 1 is 0.850 bits per heavy atom. The lowest BCUT2D eigenvalue weighted by molar-refractivity contribution is -0.138. The van der Waals surface area contributed by atoms with E-state index >= 15 is 0 Å². The Bertz CT molecular complexity index is 1690. The molecule has 2 fully saturated rings. The van der Waals surface area contributed by atoms with Gasteiger partial charge in [-0.1, -0.05) is 62.5 Å². The highest BCUT2D eigenvalue weighted by Gasteiger charge is 2.33. The highest BCUT2D eigenvalue weighted by atomic mass is 79.9. The van der Waals surface area contributed by atoms with Crippen molar-refractivity contribution in [1.82, 2.24) is 0 Å². The summed E-state index contributed by atoms with van der Waals surface area (Å²) in [5.41, 5.74) is 1.36. The molecule has 60 heavy (non-hydrogen) atoms. The first-order chi connectivity index (χ1) is 28.6. The molecule has 0 bridgehead atoms. The van der Waals surface area contributed by atoms with Crippen molar-refractivity contribution < 1.29 is 39.9 Å². The second-order valence-corrected chi connectivity index (χ2v) is 20.7. The molecule has 0 amide bonds. The third kappa shape index (κ3) is 18.1. The van der Waals surface area contributed by atoms with E-state index in [2.05, 4.69) is 102 Å². The van der Waals surface area contributed by atoms with E-state index in [-0.39, 0.29) is 48.9 Å². The van der Waals surface area contributed by atoms with Gasteiger partial charge >= 0.3 is 11.9 Å². The summed E-state index contributed by atoms with van der Waals surface area (Å²) in [7, 11) is 1.76. The number of methoxy groups -OCH3 is 1. The van der Waals surface area contributed by atoms with Crippen LogP contribution in [0.5, 0.6) is 0 Å². The molecular weight excluding hydrogens is 928 g/mol. The molecule has 0 spiro atoms. The number of carboxylic acids is 2. The Morgan fingerprint density at radius 2 is 1.40 bits per heavy atom. The fourth-order valence-electron chi connectivity index (χ4n) is 8.32. The fourth-order valence-corrected chi connectivity index (χ4v) is 12.0. The number of aryl methyl sites for hydroxylation is 3. The molecule has 2 heterocycles. The summed E-state index contributed by atoms with van der Waals surface area (Å²) in [6.45, 7) is 8.66. The quantitative estimate of drug-likeness (QED) is 0.0517. The molecule has 4 rings (SSSR count). The topological polar surface area (TPSA) is 145 Å². The zero-order valence-electron chi connectivity index (χ0n) is 36.2. The van der Waals surface area contributed by atoms with Gasteiger partial charge < -0.3 is 30.3 Å². The van der Waals surface area contributed by atoms with Crippen LogP contribution in [0.15, 0.2) is 63.6 Å². The molecule has 8 nitrogen and oxygen atoms in total. The van der Waals surface area contributed by atoms with Crippen LogP contribution in [-0.2, 0) is 27.2 Å². The van der Waals surface area contributed by atoms with Gasteiger partial charge in [0, 0.05) is 48.4 Å². The number of allylic oxidation sites excluding steroid dienone is 6. The van der Waals surface area contributed by atoms with Gasteiger partial charge in [0.1, 0.15) is 0 Å². The van der Waals surface area contributed by atoms with Crippen LogP contribution in [0.1, 0.15) is 135 Å². The number of carboxylic acid groups (broad SMARTS) is 2. The first kappa shape index (κ1) is 52.4. The van der Waals surface area contributed by atoms with Crippen molar-refractivity contribution in [2.24, 2.45) is 23.7 Å². The van der Waals surface area contributed by atoms with E-state index in [4.69, 9.17) is 14.9 Å². The highest BCUT2D eigenvalue weighted by Crippen LogP contribution is 2.39. The van der Waals surface area contributed by atoms with Gasteiger partial charge in [-0.3, -0.25) is 9.59 Å². The maximum Gasteiger partial charge on any atom is 0.303 e. The van der Waals surface area contributed by atoms with E-state index in [1.54, 1.807) is 7.11 Å². The summed E-state index contributed by atoms with van der Waals surface area (Å²) in [5, 5.41) is 48.6. The van der Waals surface area contributed by atoms with Crippen LogP contribution in [-0.4, -0.2) is 69.0 Å². The molecule has 336 valence electrons. The van der Waals surface area contributed by atoms with Gasteiger partial charge in [-0.15, -0.1) is 22.7 Å². The fraction of sp³-hybridized carbons (Fsp3) is 0.625. The van der Waals surface area contributed by atoms with Crippen LogP contribution in [0.2, 0.25) is 0 Å². The predicted octanol–water partition coefficient (Wildman–Crippen LogP) is 12.3. The Balaban J connectivity index is 0.000000320. The molecule has 0 aliphatic heterocycles. The molecular formula is C48H70Br2O8S2. The minimum atomic E-state index is -0.758. The third-order valence-electron chi connectivity index (χ3n) is 12.0. The SMILES string of the molecule is CCc1c(CC[C@H](O)/C=C/[C@H]2CCC(O)[C@@H]2C/C=C\CCCC(=O)O)sc(C)c1Br.CO[C@H](/C=C/[C@H]1CCC(O)[C@@H]1C/C=C\CCCC(=O)O)CC(C)c1cc(Br)c(C)s1. The molecule has 2 aliphatic rings. The smallest absolute Gasteiger partial charge is 0.303 e. The van der Waals surface area contributed by atoms with Crippen LogP contribution in [0, 0.1) is 37.5 Å². The van der Waals surface area contributed by atoms with Crippen LogP contribution < -0.4 is 0 Å². The molecule has 0 aromatic carbocycles. The Kier molecular flexibility index (Phi) is 24.5. The molecule has 5 N–H and O–H groups in total. The average Bonchev–Trinajstić information content (AvgIpc) is 3.94. The van der Waals surface area contributed by atoms with Gasteiger partial charge in [-0.25, -0.2) is 0 Å². The highest BCUT2D eigenvalue weighted by molar-refractivity contribution is 9.11. The van der Waals surface area contributed by atoms with Crippen molar-refractivity contribution in [3.63, 3.8) is 0 Å². The minimum absolute atomic E-state index is 0.0612. The van der Waals surface area contributed by atoms with E-state index < -0.39 is 18.0 Å². The number of thiophene rings is 2. The van der Waals surface area contributed by atoms with E-state index in [0.29, 0.717) is 31.1 Å². The van der Waals surface area contributed by atoms with Gasteiger partial charge in [0.05, 0.1) is 24.4 Å². The van der Waals surface area contributed by atoms with Crippen molar-refractivity contribution in [3.05, 3.63) is 88.7 Å². The zero-order chi connectivity index (χ0) is 44.2. The van der Waals surface area contributed by atoms with E-state index in [1.807, 2.05) is 34.8 Å². The number of hydrogen-bond donors (Lipinski definition) is 5. The summed E-state index contributed by atoms with van der Waals surface area (Å²) < 4.78 is 8.12. The van der Waals surface area contributed by atoms with Gasteiger partial charge in [-0.2, -0.15) is 0 Å². The number of halogens is 2. The average molecular weight is 999 g/mol. The summed E-state index contributed by atoms with van der Waals surface area (Å²) in [6.07, 6.45) is 27.7. The second-order valence-electron chi connectivity index (χ2n) is 16.5. The van der Waals surface area contributed by atoms with Crippen molar-refractivity contribution in [1.29, 1.82) is 0 Å². The van der Waals surface area contributed by atoms with E-state index in [9.17, 15) is 24.9 Å². The Labute approximate surface area is 384 Å². The zero-order valence-corrected chi connectivity index (χ0v) is 41.0. The molecule has 2 aliphatic carbocycles. The second kappa shape index (κ2) is 28.0. The molecule has 2 aromatic heterocycles. The molecule has 12 heteroatoms. The van der Waals surface area contributed by atoms with E-state index in [1.165, 1.54) is 34.0 Å². The standard InChI is InChI=1S/2C24H35BrO4S/c1-16(23-15-21(25)17(2)30-23)14-19(29-3)12-10-18-11-13-22(26)20(18)8-6-4-5-7-9-24(27)28;1-3-19-22(30-16(2)24(19)25)15-13-18(26)12-10-17-11-14-21(27)20(17)8-6-4-5-7-9-23(28)29/h4,6,10,12,15-16,18-20,22,26H,5,7-9,11,13-14H2,1-3H3,(H,27,28);4,6,10,12,17-18,20-21,26-27H,3,5,7-9,11,13-15H2,1-2H3,(H,28,29)/b2*6-4-,12-10+/t16?,18-,19+,20+,22?;17-,18+,20+,21?/m00/s1. The van der Waals surface area contributed by atoms with Crippen LogP contribution in [0.4, 0.5) is 0 Å². The number of ether oxygens (including phenoxy) is 1. The van der Waals surface area contributed by atoms with Crippen molar-refractivity contribution >= 4 is 66.5 Å². The lowest BCUT2D eigenvalue weighted by Gasteiger charge is -2.20. The number of carbonyl (C=O) groups is 2. The number of aliphatic carboxylic acids is 2. The maximum atomic E-state index is 10.6. The van der Waals surface area contributed by atoms with E-state index in [0.717, 1.165) is 70.6 Å². The van der Waals surface area contributed by atoms with Crippen LogP contribution >= 0.6 is 54.5 Å². The largest absolute Gasteiger partial charge is 0.481 e. The lowest BCUT2D eigenvalue weighted by atomic mass is 9.90. The van der Waals surface area contributed by atoms with Crippen LogP contribution in [0.25, 0.3) is 0 Å². The number of rotatable bonds is 24. The van der Waals surface area contributed by atoms with Gasteiger partial charge in [0.2, 0.25) is 0 Å². The molecule has 2 aromatic rings. The first-order valence-electron chi connectivity index (χ1n) is 21.8. The molecule has 9 atom stereocenters. The summed E-state index contributed by atoms with van der Waals surface area (Å²) in [4.78, 5) is 26.4. The lowest BCUT2D eigenvalue weighted by Crippen LogP contribution is -2.18. The van der Waals surface area contributed by atoms with Gasteiger partial charge in [0.15, 0.2) is 0 Å². The van der Waals surface area contributed by atoms with Crippen molar-refractivity contribution in [3.8, 4) is 0 Å². The Morgan fingerprint density at radius 3 is 1.88 bits per heavy atom. The number of aliphatic hydroxyl groups excluding tert-OH is 3. The maximum absolute atomic E-state index is 10.6.